The molecule has 1 aromatic heterocycles. The summed E-state index contributed by atoms with van der Waals surface area (Å²) < 4.78 is 0. The molecule has 0 radical (unpaired) electrons. The van der Waals surface area contributed by atoms with Crippen LogP contribution in [-0.4, -0.2) is 11.5 Å². The van der Waals surface area contributed by atoms with Gasteiger partial charge in [-0.15, -0.1) is 0 Å². The minimum atomic E-state index is 0.859. The number of hydrogen-bond acceptors (Lipinski definition) is 2. The lowest BCUT2D eigenvalue weighted by Gasteiger charge is -2.31. The predicted molar refractivity (Wildman–Crippen MR) is 106 cm³/mol. The Morgan fingerprint density at radius 3 is 2.64 bits per heavy atom. The van der Waals surface area contributed by atoms with E-state index in [-0.39, 0.29) is 0 Å². The maximum atomic E-state index is 4.70. The molecule has 1 aliphatic rings. The summed E-state index contributed by atoms with van der Waals surface area (Å²) in [7, 11) is 0. The number of aryl methyl sites for hydroxylation is 1. The van der Waals surface area contributed by atoms with Crippen LogP contribution in [0.25, 0.3) is 27.8 Å². The average Bonchev–Trinajstić information content (AvgIpc) is 2.67. The molecular weight excluding hydrogens is 304 g/mol. The van der Waals surface area contributed by atoms with Crippen molar-refractivity contribution in [3.05, 3.63) is 84.1 Å². The van der Waals surface area contributed by atoms with Crippen molar-refractivity contribution in [1.82, 2.24) is 4.98 Å². The highest BCUT2D eigenvalue weighted by atomic mass is 15.1. The third-order valence-electron chi connectivity index (χ3n) is 5.01. The molecule has 0 fully saturated rings. The largest absolute Gasteiger partial charge is 0.335 e. The second-order valence-electron chi connectivity index (χ2n) is 6.54. The maximum absolute atomic E-state index is 4.70. The summed E-state index contributed by atoms with van der Waals surface area (Å²) in [4.78, 5) is 7.12. The van der Waals surface area contributed by atoms with Crippen LogP contribution < -0.4 is 4.90 Å². The second kappa shape index (κ2) is 5.45. The number of nitrogens with zero attached hydrogens (tertiary/aromatic N) is 2. The molecule has 2 nitrogen and oxygen atoms in total. The fourth-order valence-electron chi connectivity index (χ4n) is 3.87. The predicted octanol–water partition coefficient (Wildman–Crippen LogP) is 5.86. The van der Waals surface area contributed by atoms with Crippen LogP contribution >= 0.6 is 0 Å². The third-order valence-corrected chi connectivity index (χ3v) is 5.01. The van der Waals surface area contributed by atoms with Gasteiger partial charge in [0.25, 0.3) is 0 Å². The number of pyridine rings is 1. The van der Waals surface area contributed by atoms with E-state index < -0.39 is 0 Å². The SMILES string of the molecule is Cc1ccc2ccccc2c1N1CC=Cc2ccc3cccnc3c21. The van der Waals surface area contributed by atoms with Gasteiger partial charge in [-0.25, -0.2) is 0 Å². The molecule has 5 rings (SSSR count). The Balaban J connectivity index is 1.86. The van der Waals surface area contributed by atoms with Crippen LogP contribution in [0.4, 0.5) is 11.4 Å². The van der Waals surface area contributed by atoms with Crippen LogP contribution in [0.5, 0.6) is 0 Å². The highest BCUT2D eigenvalue weighted by Crippen LogP contribution is 2.41. The third kappa shape index (κ3) is 2.14. The first-order valence-corrected chi connectivity index (χ1v) is 8.63. The molecule has 0 saturated carbocycles. The van der Waals surface area contributed by atoms with Crippen molar-refractivity contribution in [2.45, 2.75) is 6.92 Å². The summed E-state index contributed by atoms with van der Waals surface area (Å²) in [6.45, 7) is 3.05. The normalized spacial score (nSPS) is 13.4. The topological polar surface area (TPSA) is 16.1 Å². The molecule has 2 heteroatoms. The lowest BCUT2D eigenvalue weighted by atomic mass is 9.99. The van der Waals surface area contributed by atoms with E-state index in [4.69, 9.17) is 4.98 Å². The van der Waals surface area contributed by atoms with Crippen molar-refractivity contribution in [2.24, 2.45) is 0 Å². The van der Waals surface area contributed by atoms with E-state index in [1.54, 1.807) is 0 Å². The highest BCUT2D eigenvalue weighted by Gasteiger charge is 2.21. The first kappa shape index (κ1) is 14.2. The zero-order valence-corrected chi connectivity index (χ0v) is 14.1. The Morgan fingerprint density at radius 1 is 0.840 bits per heavy atom. The molecule has 0 atom stereocenters. The molecule has 3 aromatic carbocycles. The van der Waals surface area contributed by atoms with E-state index in [1.807, 2.05) is 12.3 Å². The number of rotatable bonds is 1. The quantitative estimate of drug-likeness (QED) is 0.436. The van der Waals surface area contributed by atoms with Gasteiger partial charge < -0.3 is 4.90 Å². The molecule has 25 heavy (non-hydrogen) atoms. The smallest absolute Gasteiger partial charge is 0.0945 e. The highest BCUT2D eigenvalue weighted by molar-refractivity contribution is 6.04. The average molecular weight is 322 g/mol. The van der Waals surface area contributed by atoms with E-state index in [9.17, 15) is 0 Å². The van der Waals surface area contributed by atoms with Crippen molar-refractivity contribution in [3.8, 4) is 0 Å². The van der Waals surface area contributed by atoms with Crippen LogP contribution in [0.2, 0.25) is 0 Å². The van der Waals surface area contributed by atoms with Crippen LogP contribution in [0.3, 0.4) is 0 Å². The Morgan fingerprint density at radius 2 is 1.68 bits per heavy atom. The minimum absolute atomic E-state index is 0.859. The van der Waals surface area contributed by atoms with Gasteiger partial charge in [-0.2, -0.15) is 0 Å². The molecule has 0 N–H and O–H groups in total. The first-order chi connectivity index (χ1) is 12.3. The fourth-order valence-corrected chi connectivity index (χ4v) is 3.87. The maximum Gasteiger partial charge on any atom is 0.0945 e. The summed E-state index contributed by atoms with van der Waals surface area (Å²) >= 11 is 0. The van der Waals surface area contributed by atoms with Crippen LogP contribution in [0.15, 0.2) is 72.9 Å². The molecule has 0 saturated heterocycles. The Kier molecular flexibility index (Phi) is 3.10. The standard InChI is InChI=1S/C23H18N2/c1-16-10-11-17-6-2-3-9-20(17)22(16)25-15-5-8-19-13-12-18-7-4-14-24-21(18)23(19)25/h2-14H,15H2,1H3. The van der Waals surface area contributed by atoms with Crippen LogP contribution in [0, 0.1) is 6.92 Å². The molecular formula is C23H18N2. The summed E-state index contributed by atoms with van der Waals surface area (Å²) in [5.41, 5.74) is 6.07. The number of fused-ring (bicyclic) bond motifs is 4. The van der Waals surface area contributed by atoms with Gasteiger partial charge >= 0.3 is 0 Å². The number of benzene rings is 3. The van der Waals surface area contributed by atoms with Crippen molar-refractivity contribution >= 4 is 39.1 Å². The lowest BCUT2D eigenvalue weighted by molar-refractivity contribution is 1.08. The number of aromatic nitrogens is 1. The summed E-state index contributed by atoms with van der Waals surface area (Å²) in [6.07, 6.45) is 6.33. The van der Waals surface area contributed by atoms with E-state index in [2.05, 4.69) is 78.6 Å². The fraction of sp³-hybridized carbons (Fsp3) is 0.0870. The second-order valence-corrected chi connectivity index (χ2v) is 6.54. The van der Waals surface area contributed by atoms with Crippen LogP contribution in [-0.2, 0) is 0 Å². The number of hydrogen-bond donors (Lipinski definition) is 0. The number of anilines is 2. The summed E-state index contributed by atoms with van der Waals surface area (Å²) in [5.74, 6) is 0. The van der Waals surface area contributed by atoms with Gasteiger partial charge in [-0.3, -0.25) is 4.98 Å². The van der Waals surface area contributed by atoms with Crippen molar-refractivity contribution in [1.29, 1.82) is 0 Å². The molecule has 0 unspecified atom stereocenters. The Hall–Kier alpha value is -3.13. The molecule has 2 heterocycles. The first-order valence-electron chi connectivity index (χ1n) is 8.63. The Labute approximate surface area is 147 Å². The zero-order chi connectivity index (χ0) is 16.8. The molecule has 120 valence electrons. The summed E-state index contributed by atoms with van der Waals surface area (Å²) in [6, 6.07) is 21.5. The van der Waals surface area contributed by atoms with E-state index in [1.165, 1.54) is 38.7 Å². The van der Waals surface area contributed by atoms with Gasteiger partial charge in [-0.05, 0) is 23.9 Å². The Bertz CT molecular complexity index is 1140. The van der Waals surface area contributed by atoms with E-state index >= 15 is 0 Å². The summed E-state index contributed by atoms with van der Waals surface area (Å²) in [5, 5.41) is 3.74. The molecule has 0 bridgehead atoms. The van der Waals surface area contributed by atoms with Crippen molar-refractivity contribution in [2.75, 3.05) is 11.4 Å². The zero-order valence-electron chi connectivity index (χ0n) is 14.1. The van der Waals surface area contributed by atoms with Gasteiger partial charge in [0.05, 0.1) is 16.9 Å². The molecule has 0 aliphatic carbocycles. The molecule has 0 spiro atoms. The van der Waals surface area contributed by atoms with Crippen LogP contribution in [0.1, 0.15) is 11.1 Å². The van der Waals surface area contributed by atoms with Gasteiger partial charge in [0, 0.05) is 29.1 Å². The molecule has 4 aromatic rings. The van der Waals surface area contributed by atoms with Gasteiger partial charge in [0.2, 0.25) is 0 Å². The van der Waals surface area contributed by atoms with Gasteiger partial charge in [0.15, 0.2) is 0 Å². The van der Waals surface area contributed by atoms with E-state index in [0.29, 0.717) is 0 Å². The molecule has 0 amide bonds. The van der Waals surface area contributed by atoms with Crippen molar-refractivity contribution < 1.29 is 0 Å². The van der Waals surface area contributed by atoms with E-state index in [0.717, 1.165) is 12.1 Å². The molecule has 1 aliphatic heterocycles. The van der Waals surface area contributed by atoms with Gasteiger partial charge in [-0.1, -0.05) is 66.7 Å². The minimum Gasteiger partial charge on any atom is -0.335 e. The van der Waals surface area contributed by atoms with Crippen molar-refractivity contribution in [3.63, 3.8) is 0 Å². The van der Waals surface area contributed by atoms with Gasteiger partial charge in [0.1, 0.15) is 0 Å². The monoisotopic (exact) mass is 322 g/mol. The lowest BCUT2D eigenvalue weighted by Crippen LogP contribution is -2.22.